The number of hydrogen-bond donors (Lipinski definition) is 1. The molecule has 0 amide bonds. The number of rotatable bonds is 4. The predicted octanol–water partition coefficient (Wildman–Crippen LogP) is 2.94. The lowest BCUT2D eigenvalue weighted by molar-refractivity contribution is 0.171. The molecule has 1 aliphatic heterocycles. The van der Waals surface area contributed by atoms with Crippen LogP contribution in [0.2, 0.25) is 0 Å². The molecule has 130 valence electrons. The van der Waals surface area contributed by atoms with E-state index in [4.69, 9.17) is 9.47 Å². The quantitative estimate of drug-likeness (QED) is 0.788. The van der Waals surface area contributed by atoms with Gasteiger partial charge in [0.2, 0.25) is 0 Å². The van der Waals surface area contributed by atoms with E-state index in [1.807, 2.05) is 19.2 Å². The maximum absolute atomic E-state index is 5.73. The molecule has 0 saturated carbocycles. The number of hydrogen-bond acceptors (Lipinski definition) is 6. The number of aryl methyl sites for hydroxylation is 1. The molecule has 0 aliphatic carbocycles. The summed E-state index contributed by atoms with van der Waals surface area (Å²) in [6.07, 6.45) is 3.35. The number of nitrogens with one attached hydrogen (secondary N) is 1. The Labute approximate surface area is 146 Å². The van der Waals surface area contributed by atoms with Crippen LogP contribution in [-0.4, -0.2) is 33.0 Å². The second kappa shape index (κ2) is 6.23. The summed E-state index contributed by atoms with van der Waals surface area (Å²) in [4.78, 5) is 8.72. The zero-order valence-electron chi connectivity index (χ0n) is 14.6. The van der Waals surface area contributed by atoms with Crippen LogP contribution in [0.25, 0.3) is 11.0 Å². The highest BCUT2D eigenvalue weighted by Gasteiger charge is 2.21. The Hall–Kier alpha value is -2.83. The molecule has 0 spiro atoms. The first-order chi connectivity index (χ1) is 12.1. The molecule has 3 aromatic rings. The number of fused-ring (bicyclic) bond motifs is 2. The zero-order valence-corrected chi connectivity index (χ0v) is 14.6. The highest BCUT2D eigenvalue weighted by Crippen LogP contribution is 2.36. The van der Waals surface area contributed by atoms with Crippen molar-refractivity contribution in [1.82, 2.24) is 19.7 Å². The molecular weight excluding hydrogens is 318 g/mol. The normalized spacial score (nSPS) is 14.7. The molecule has 3 heterocycles. The Bertz CT molecular complexity index is 906. The summed E-state index contributed by atoms with van der Waals surface area (Å²) >= 11 is 0. The standard InChI is InChI=1S/C18H21N5O2/c1-11(2)16(12-4-5-14-15(8-12)25-7-6-24-14)22-17-13-9-21-23(3)18(13)20-10-19-17/h4-5,8-11,16H,6-7H2,1-3H3,(H,19,20,22). The van der Waals surface area contributed by atoms with E-state index in [1.165, 1.54) is 0 Å². The van der Waals surface area contributed by atoms with Crippen molar-refractivity contribution < 1.29 is 9.47 Å². The van der Waals surface area contributed by atoms with E-state index in [1.54, 1.807) is 17.2 Å². The van der Waals surface area contributed by atoms with Crippen molar-refractivity contribution >= 4 is 16.9 Å². The van der Waals surface area contributed by atoms with E-state index >= 15 is 0 Å². The van der Waals surface area contributed by atoms with Crippen LogP contribution >= 0.6 is 0 Å². The van der Waals surface area contributed by atoms with Gasteiger partial charge in [-0.3, -0.25) is 4.68 Å². The topological polar surface area (TPSA) is 74.1 Å². The van der Waals surface area contributed by atoms with Crippen molar-refractivity contribution in [3.05, 3.63) is 36.3 Å². The van der Waals surface area contributed by atoms with Crippen LogP contribution in [0.3, 0.4) is 0 Å². The van der Waals surface area contributed by atoms with Crippen molar-refractivity contribution in [2.24, 2.45) is 13.0 Å². The van der Waals surface area contributed by atoms with Gasteiger partial charge in [0.05, 0.1) is 17.6 Å². The summed E-state index contributed by atoms with van der Waals surface area (Å²) in [5, 5.41) is 8.74. The Morgan fingerprint density at radius 2 is 1.92 bits per heavy atom. The molecule has 1 aromatic carbocycles. The van der Waals surface area contributed by atoms with Gasteiger partial charge in [-0.15, -0.1) is 0 Å². The van der Waals surface area contributed by atoms with E-state index < -0.39 is 0 Å². The minimum atomic E-state index is 0.0779. The van der Waals surface area contributed by atoms with Gasteiger partial charge in [-0.25, -0.2) is 9.97 Å². The first-order valence-electron chi connectivity index (χ1n) is 8.42. The fourth-order valence-electron chi connectivity index (χ4n) is 3.11. The maximum Gasteiger partial charge on any atom is 0.163 e. The zero-order chi connectivity index (χ0) is 17.4. The number of ether oxygens (including phenoxy) is 2. The number of anilines is 1. The van der Waals surface area contributed by atoms with Gasteiger partial charge in [0.15, 0.2) is 17.1 Å². The maximum atomic E-state index is 5.73. The predicted molar refractivity (Wildman–Crippen MR) is 94.9 cm³/mol. The minimum Gasteiger partial charge on any atom is -0.486 e. The third kappa shape index (κ3) is 2.86. The van der Waals surface area contributed by atoms with E-state index in [-0.39, 0.29) is 6.04 Å². The van der Waals surface area contributed by atoms with Gasteiger partial charge < -0.3 is 14.8 Å². The molecule has 25 heavy (non-hydrogen) atoms. The molecule has 0 radical (unpaired) electrons. The molecule has 4 rings (SSSR count). The van der Waals surface area contributed by atoms with Crippen LogP contribution in [0.5, 0.6) is 11.5 Å². The molecule has 0 bridgehead atoms. The van der Waals surface area contributed by atoms with Crippen molar-refractivity contribution in [2.75, 3.05) is 18.5 Å². The van der Waals surface area contributed by atoms with E-state index in [2.05, 4.69) is 40.3 Å². The van der Waals surface area contributed by atoms with Gasteiger partial charge in [-0.05, 0) is 23.6 Å². The monoisotopic (exact) mass is 339 g/mol. The van der Waals surface area contributed by atoms with Gasteiger partial charge >= 0.3 is 0 Å². The summed E-state index contributed by atoms with van der Waals surface area (Å²) in [6.45, 7) is 5.53. The third-order valence-electron chi connectivity index (χ3n) is 4.41. The van der Waals surface area contributed by atoms with Gasteiger partial charge in [-0.1, -0.05) is 19.9 Å². The van der Waals surface area contributed by atoms with Gasteiger partial charge in [0.1, 0.15) is 25.4 Å². The summed E-state index contributed by atoms with van der Waals surface area (Å²) in [5.41, 5.74) is 1.94. The lowest BCUT2D eigenvalue weighted by Crippen LogP contribution is -2.19. The second-order valence-electron chi connectivity index (χ2n) is 6.50. The van der Waals surface area contributed by atoms with Crippen molar-refractivity contribution in [3.8, 4) is 11.5 Å². The fourth-order valence-corrected chi connectivity index (χ4v) is 3.11. The number of aromatic nitrogens is 4. The van der Waals surface area contributed by atoms with Crippen LogP contribution in [0.1, 0.15) is 25.5 Å². The minimum absolute atomic E-state index is 0.0779. The highest BCUT2D eigenvalue weighted by molar-refractivity contribution is 5.86. The van der Waals surface area contributed by atoms with Crippen LogP contribution in [0, 0.1) is 5.92 Å². The van der Waals surface area contributed by atoms with Crippen molar-refractivity contribution in [1.29, 1.82) is 0 Å². The van der Waals surface area contributed by atoms with Gasteiger partial charge in [0, 0.05) is 7.05 Å². The molecule has 1 aliphatic rings. The first-order valence-corrected chi connectivity index (χ1v) is 8.42. The van der Waals surface area contributed by atoms with Gasteiger partial charge in [0.25, 0.3) is 0 Å². The lowest BCUT2D eigenvalue weighted by atomic mass is 9.95. The summed E-state index contributed by atoms with van der Waals surface area (Å²) < 4.78 is 13.1. The van der Waals surface area contributed by atoms with E-state index in [0.717, 1.165) is 33.9 Å². The first kappa shape index (κ1) is 15.7. The molecular formula is C18H21N5O2. The molecule has 1 N–H and O–H groups in total. The second-order valence-corrected chi connectivity index (χ2v) is 6.50. The molecule has 7 heteroatoms. The summed E-state index contributed by atoms with van der Waals surface area (Å²) in [7, 11) is 1.87. The number of benzene rings is 1. The lowest BCUT2D eigenvalue weighted by Gasteiger charge is -2.26. The Balaban J connectivity index is 1.70. The average molecular weight is 339 g/mol. The Kier molecular flexibility index (Phi) is 3.91. The van der Waals surface area contributed by atoms with Crippen molar-refractivity contribution in [3.63, 3.8) is 0 Å². The van der Waals surface area contributed by atoms with E-state index in [9.17, 15) is 0 Å². The van der Waals surface area contributed by atoms with Crippen LogP contribution in [0.4, 0.5) is 5.82 Å². The average Bonchev–Trinajstić information content (AvgIpc) is 3.01. The largest absolute Gasteiger partial charge is 0.486 e. The molecule has 2 aromatic heterocycles. The summed E-state index contributed by atoms with van der Waals surface area (Å²) in [5.74, 6) is 2.73. The van der Waals surface area contributed by atoms with Gasteiger partial charge in [-0.2, -0.15) is 5.10 Å². The smallest absolute Gasteiger partial charge is 0.163 e. The molecule has 0 saturated heterocycles. The molecule has 1 unspecified atom stereocenters. The molecule has 0 fully saturated rings. The highest BCUT2D eigenvalue weighted by atomic mass is 16.6. The third-order valence-corrected chi connectivity index (χ3v) is 4.41. The van der Waals surface area contributed by atoms with E-state index in [0.29, 0.717) is 19.1 Å². The fraction of sp³-hybridized carbons (Fsp3) is 0.389. The Morgan fingerprint density at radius 3 is 2.72 bits per heavy atom. The Morgan fingerprint density at radius 1 is 1.12 bits per heavy atom. The SMILES string of the molecule is CC(C)C(Nc1ncnc2c1cnn2C)c1ccc2c(c1)OCCO2. The van der Waals surface area contributed by atoms with Crippen LogP contribution in [-0.2, 0) is 7.05 Å². The van der Waals surface area contributed by atoms with Crippen molar-refractivity contribution in [2.45, 2.75) is 19.9 Å². The molecule has 1 atom stereocenters. The van der Waals surface area contributed by atoms with Crippen LogP contribution < -0.4 is 14.8 Å². The molecule has 7 nitrogen and oxygen atoms in total. The van der Waals surface area contributed by atoms with Crippen LogP contribution in [0.15, 0.2) is 30.7 Å². The number of nitrogens with zero attached hydrogens (tertiary/aromatic N) is 4. The summed E-state index contributed by atoms with van der Waals surface area (Å²) in [6, 6.07) is 6.18.